The second-order valence-corrected chi connectivity index (χ2v) is 27.2. The van der Waals surface area contributed by atoms with Crippen molar-refractivity contribution >= 4 is 66.4 Å². The van der Waals surface area contributed by atoms with Crippen LogP contribution < -0.4 is 14.5 Å². The standard InChI is InChI=1S/C76H68F5N5O/c1-73(2,3)45-31-32-82-65(38-45)86-61-26-18-15-23-55(61)56-30-29-51(42-64(56)86)87-52-40-49(39-50(41-52)85-59-24-16-13-21-53(59)54-22-14-17-25-60(54)85)83-43-84(63-28-20-19-27-62(63)83)72-57(44-33-46(74(4,5)6)35-47(34-44)75(7,8)9)36-48(76(10,11)12)37-58(72)66-67(77)69(79)71(81)70(80)68(66)78/h13-42H,43H2,1-12H3. The number of anilines is 4. The number of benzene rings is 9. The minimum atomic E-state index is -2.22. The Bertz CT molecular complexity index is 4660. The van der Waals surface area contributed by atoms with E-state index in [-0.39, 0.29) is 34.2 Å². The van der Waals surface area contributed by atoms with E-state index in [4.69, 9.17) is 9.72 Å². The summed E-state index contributed by atoms with van der Waals surface area (Å²) in [5, 5.41) is 4.25. The quantitative estimate of drug-likeness (QED) is 0.0863. The minimum Gasteiger partial charge on any atom is -0.457 e. The lowest BCUT2D eigenvalue weighted by Crippen LogP contribution is -2.26. The maximum atomic E-state index is 17.0. The van der Waals surface area contributed by atoms with Crippen LogP contribution in [0.3, 0.4) is 0 Å². The van der Waals surface area contributed by atoms with E-state index < -0.39 is 40.1 Å². The van der Waals surface area contributed by atoms with E-state index in [1.165, 1.54) is 0 Å². The third kappa shape index (κ3) is 9.76. The summed E-state index contributed by atoms with van der Waals surface area (Å²) in [5.74, 6) is -8.21. The number of ether oxygens (including phenoxy) is 1. The molecule has 0 N–H and O–H groups in total. The largest absolute Gasteiger partial charge is 0.457 e. The zero-order valence-electron chi connectivity index (χ0n) is 51.1. The molecule has 0 radical (unpaired) electrons. The lowest BCUT2D eigenvalue weighted by atomic mass is 9.77. The highest BCUT2D eigenvalue weighted by Gasteiger charge is 2.37. The van der Waals surface area contributed by atoms with E-state index in [0.717, 1.165) is 83.1 Å². The van der Waals surface area contributed by atoms with E-state index in [0.29, 0.717) is 34.0 Å². The molecule has 1 aliphatic rings. The van der Waals surface area contributed by atoms with Crippen molar-refractivity contribution < 1.29 is 26.7 Å². The number of hydrogen-bond donors (Lipinski definition) is 0. The molecule has 0 spiro atoms. The molecule has 9 aromatic carbocycles. The Balaban J connectivity index is 1.05. The summed E-state index contributed by atoms with van der Waals surface area (Å²) < 4.78 is 92.5. The molecule has 438 valence electrons. The van der Waals surface area contributed by atoms with Gasteiger partial charge in [-0.3, -0.25) is 4.57 Å². The first-order valence-corrected chi connectivity index (χ1v) is 29.6. The second kappa shape index (κ2) is 20.5. The van der Waals surface area contributed by atoms with Gasteiger partial charge in [-0.2, -0.15) is 0 Å². The van der Waals surface area contributed by atoms with Gasteiger partial charge in [-0.05, 0) is 122 Å². The van der Waals surface area contributed by atoms with Crippen molar-refractivity contribution in [3.05, 3.63) is 233 Å². The van der Waals surface area contributed by atoms with Gasteiger partial charge >= 0.3 is 0 Å². The van der Waals surface area contributed by atoms with Gasteiger partial charge in [0.05, 0.1) is 50.4 Å². The van der Waals surface area contributed by atoms with Crippen LogP contribution in [0.25, 0.3) is 77.4 Å². The third-order valence-corrected chi connectivity index (χ3v) is 17.2. The average molecular weight is 1160 g/mol. The van der Waals surface area contributed by atoms with Gasteiger partial charge in [-0.25, -0.2) is 26.9 Å². The summed E-state index contributed by atoms with van der Waals surface area (Å²) in [6, 6.07) is 59.1. The van der Waals surface area contributed by atoms with Crippen LogP contribution in [0.2, 0.25) is 0 Å². The zero-order valence-corrected chi connectivity index (χ0v) is 51.1. The molecular formula is C76H68F5N5O. The normalized spacial score (nSPS) is 13.3. The second-order valence-electron chi connectivity index (χ2n) is 27.2. The number of pyridine rings is 1. The molecule has 13 rings (SSSR count). The molecule has 6 nitrogen and oxygen atoms in total. The van der Waals surface area contributed by atoms with Crippen LogP contribution in [-0.4, -0.2) is 20.8 Å². The predicted octanol–water partition coefficient (Wildman–Crippen LogP) is 21.5. The molecule has 0 unspecified atom stereocenters. The number of para-hydroxylation sites is 5. The first kappa shape index (κ1) is 56.9. The van der Waals surface area contributed by atoms with E-state index in [1.54, 1.807) is 6.07 Å². The summed E-state index contributed by atoms with van der Waals surface area (Å²) in [6.07, 6.45) is 1.87. The Hall–Kier alpha value is -9.22. The lowest BCUT2D eigenvalue weighted by Gasteiger charge is -2.32. The summed E-state index contributed by atoms with van der Waals surface area (Å²) >= 11 is 0. The van der Waals surface area contributed by atoms with Crippen molar-refractivity contribution in [3.63, 3.8) is 0 Å². The molecule has 0 saturated carbocycles. The van der Waals surface area contributed by atoms with Crippen molar-refractivity contribution in [1.29, 1.82) is 0 Å². The number of rotatable bonds is 8. The number of fused-ring (bicyclic) bond motifs is 7. The van der Waals surface area contributed by atoms with Gasteiger partial charge in [-0.1, -0.05) is 168 Å². The minimum absolute atomic E-state index is 0.0391. The van der Waals surface area contributed by atoms with Crippen molar-refractivity contribution in [1.82, 2.24) is 14.1 Å². The van der Waals surface area contributed by atoms with E-state index in [2.05, 4.69) is 161 Å². The van der Waals surface area contributed by atoms with Crippen LogP contribution in [0.4, 0.5) is 44.7 Å². The van der Waals surface area contributed by atoms with Gasteiger partial charge in [0.1, 0.15) is 24.0 Å². The molecule has 3 aromatic heterocycles. The molecule has 0 aliphatic carbocycles. The van der Waals surface area contributed by atoms with Crippen molar-refractivity contribution in [3.8, 4) is 45.3 Å². The van der Waals surface area contributed by atoms with E-state index in [9.17, 15) is 0 Å². The van der Waals surface area contributed by atoms with Gasteiger partial charge < -0.3 is 19.1 Å². The fourth-order valence-corrected chi connectivity index (χ4v) is 12.4. The molecule has 0 saturated heterocycles. The number of halogens is 5. The molecule has 0 amide bonds. The van der Waals surface area contributed by atoms with Crippen LogP contribution in [0.15, 0.2) is 182 Å². The summed E-state index contributed by atoms with van der Waals surface area (Å²) in [5.41, 5.74) is 9.49. The zero-order chi connectivity index (χ0) is 61.4. The van der Waals surface area contributed by atoms with Gasteiger partial charge in [0.15, 0.2) is 23.3 Å². The monoisotopic (exact) mass is 1160 g/mol. The van der Waals surface area contributed by atoms with Gasteiger partial charge in [-0.15, -0.1) is 0 Å². The molecule has 0 fully saturated rings. The van der Waals surface area contributed by atoms with E-state index >= 15 is 22.0 Å². The highest BCUT2D eigenvalue weighted by atomic mass is 19.2. The molecule has 1 aliphatic heterocycles. The van der Waals surface area contributed by atoms with Gasteiger partial charge in [0, 0.05) is 62.8 Å². The van der Waals surface area contributed by atoms with Crippen LogP contribution in [0, 0.1) is 29.1 Å². The molecule has 4 heterocycles. The first-order chi connectivity index (χ1) is 41.2. The fraction of sp³-hybridized carbons (Fsp3) is 0.224. The van der Waals surface area contributed by atoms with Crippen LogP contribution >= 0.6 is 0 Å². The van der Waals surface area contributed by atoms with Crippen LogP contribution in [-0.2, 0) is 21.7 Å². The lowest BCUT2D eigenvalue weighted by molar-refractivity contribution is 0.381. The smallest absolute Gasteiger partial charge is 0.200 e. The maximum Gasteiger partial charge on any atom is 0.200 e. The highest BCUT2D eigenvalue weighted by Crippen LogP contribution is 2.54. The molecular weight excluding hydrogens is 1090 g/mol. The predicted molar refractivity (Wildman–Crippen MR) is 347 cm³/mol. The first-order valence-electron chi connectivity index (χ1n) is 29.6. The SMILES string of the molecule is CC(C)(C)c1cc(-c2cc(C(C)(C)C)cc(-c3c(F)c(F)c(F)c(F)c3F)c2N2CN(c3cc(Oc4ccc5c6ccccc6n(-c6cc(C(C)(C)C)ccn6)c5c4)cc(-n4c5ccccc5c5ccccc54)c3)c3ccccc32)cc(C(C)(C)C)c1. The molecule has 0 atom stereocenters. The number of hydrogen-bond acceptors (Lipinski definition) is 4. The fourth-order valence-electron chi connectivity index (χ4n) is 12.4. The van der Waals surface area contributed by atoms with Crippen LogP contribution in [0.1, 0.15) is 105 Å². The maximum absolute atomic E-state index is 17.0. The summed E-state index contributed by atoms with van der Waals surface area (Å²) in [7, 11) is 0. The molecule has 11 heteroatoms. The Morgan fingerprint density at radius 2 is 0.851 bits per heavy atom. The van der Waals surface area contributed by atoms with Gasteiger partial charge in [0.25, 0.3) is 0 Å². The highest BCUT2D eigenvalue weighted by molar-refractivity contribution is 6.11. The van der Waals surface area contributed by atoms with Crippen LogP contribution in [0.5, 0.6) is 11.5 Å². The summed E-state index contributed by atoms with van der Waals surface area (Å²) in [4.78, 5) is 9.00. The van der Waals surface area contributed by atoms with Crippen molar-refractivity contribution in [2.24, 2.45) is 0 Å². The Labute approximate surface area is 504 Å². The molecule has 87 heavy (non-hydrogen) atoms. The van der Waals surface area contributed by atoms with E-state index in [1.807, 2.05) is 117 Å². The molecule has 12 aromatic rings. The Morgan fingerprint density at radius 1 is 0.379 bits per heavy atom. The van der Waals surface area contributed by atoms with Crippen molar-refractivity contribution in [2.45, 2.75) is 105 Å². The number of aromatic nitrogens is 3. The summed E-state index contributed by atoms with van der Waals surface area (Å²) in [6.45, 7) is 25.3. The molecule has 0 bridgehead atoms. The Morgan fingerprint density at radius 3 is 1.41 bits per heavy atom. The van der Waals surface area contributed by atoms with Gasteiger partial charge in [0.2, 0.25) is 5.82 Å². The topological polar surface area (TPSA) is 38.5 Å². The third-order valence-electron chi connectivity index (χ3n) is 17.2. The average Bonchev–Trinajstić information content (AvgIpc) is 1.87. The van der Waals surface area contributed by atoms with Crippen molar-refractivity contribution in [2.75, 3.05) is 16.5 Å². The Kier molecular flexibility index (Phi) is 13.4. The number of nitrogens with zero attached hydrogens (tertiary/aromatic N) is 5.